The van der Waals surface area contributed by atoms with Crippen LogP contribution in [0.25, 0.3) is 0 Å². The van der Waals surface area contributed by atoms with Gasteiger partial charge in [0, 0.05) is 6.42 Å². The SMILES string of the molecule is CCCCCC(=O)OC(C)C#N. The number of nitriles is 1. The summed E-state index contributed by atoms with van der Waals surface area (Å²) in [5.41, 5.74) is 0. The van der Waals surface area contributed by atoms with Crippen LogP contribution in [0.3, 0.4) is 0 Å². The second-order valence-corrected chi connectivity index (χ2v) is 2.72. The van der Waals surface area contributed by atoms with Crippen LogP contribution in [-0.2, 0) is 9.53 Å². The van der Waals surface area contributed by atoms with Crippen LogP contribution in [0.1, 0.15) is 39.5 Å². The molecular weight excluding hydrogens is 154 g/mol. The number of carbonyl (C=O) groups is 1. The van der Waals surface area contributed by atoms with Crippen LogP contribution in [0.5, 0.6) is 0 Å². The van der Waals surface area contributed by atoms with E-state index in [1.165, 1.54) is 0 Å². The van der Waals surface area contributed by atoms with Gasteiger partial charge in [-0.25, -0.2) is 0 Å². The molecule has 1 atom stereocenters. The molecule has 0 spiro atoms. The second kappa shape index (κ2) is 6.66. The lowest BCUT2D eigenvalue weighted by atomic mass is 10.2. The number of rotatable bonds is 5. The summed E-state index contributed by atoms with van der Waals surface area (Å²) in [7, 11) is 0. The van der Waals surface area contributed by atoms with E-state index in [2.05, 4.69) is 6.92 Å². The van der Waals surface area contributed by atoms with Crippen molar-refractivity contribution in [1.29, 1.82) is 5.26 Å². The molecule has 0 saturated carbocycles. The minimum absolute atomic E-state index is 0.266. The third-order valence-electron chi connectivity index (χ3n) is 1.47. The molecule has 0 aromatic rings. The van der Waals surface area contributed by atoms with Crippen molar-refractivity contribution in [1.82, 2.24) is 0 Å². The van der Waals surface area contributed by atoms with Crippen LogP contribution < -0.4 is 0 Å². The summed E-state index contributed by atoms with van der Waals surface area (Å²) in [6, 6.07) is 1.84. The molecule has 0 aliphatic rings. The summed E-state index contributed by atoms with van der Waals surface area (Å²) in [4.78, 5) is 10.9. The first-order valence-corrected chi connectivity index (χ1v) is 4.29. The van der Waals surface area contributed by atoms with Crippen molar-refractivity contribution in [3.05, 3.63) is 0 Å². The van der Waals surface area contributed by atoms with Gasteiger partial charge >= 0.3 is 5.97 Å². The van der Waals surface area contributed by atoms with Crippen LogP contribution in [0.2, 0.25) is 0 Å². The van der Waals surface area contributed by atoms with Crippen LogP contribution in [-0.4, -0.2) is 12.1 Å². The largest absolute Gasteiger partial charge is 0.447 e. The van der Waals surface area contributed by atoms with E-state index in [0.717, 1.165) is 19.3 Å². The highest BCUT2D eigenvalue weighted by molar-refractivity contribution is 5.69. The second-order valence-electron chi connectivity index (χ2n) is 2.72. The Hall–Kier alpha value is -1.04. The molecule has 0 rings (SSSR count). The predicted octanol–water partition coefficient (Wildman–Crippen LogP) is 2.02. The van der Waals surface area contributed by atoms with E-state index in [1.54, 1.807) is 6.92 Å². The molecule has 0 N–H and O–H groups in total. The fourth-order valence-corrected chi connectivity index (χ4v) is 0.802. The van der Waals surface area contributed by atoms with Crippen molar-refractivity contribution in [2.24, 2.45) is 0 Å². The molecule has 0 bridgehead atoms. The Morgan fingerprint density at radius 1 is 1.58 bits per heavy atom. The lowest BCUT2D eigenvalue weighted by molar-refractivity contribution is -0.146. The van der Waals surface area contributed by atoms with E-state index in [4.69, 9.17) is 10.00 Å². The van der Waals surface area contributed by atoms with Gasteiger partial charge in [-0.05, 0) is 13.3 Å². The number of carbonyl (C=O) groups excluding carboxylic acids is 1. The van der Waals surface area contributed by atoms with Crippen LogP contribution in [0, 0.1) is 11.3 Å². The molecule has 3 nitrogen and oxygen atoms in total. The Morgan fingerprint density at radius 3 is 2.75 bits per heavy atom. The lowest BCUT2D eigenvalue weighted by Gasteiger charge is -2.04. The third kappa shape index (κ3) is 5.72. The molecule has 0 aromatic carbocycles. The first-order valence-electron chi connectivity index (χ1n) is 4.29. The van der Waals surface area contributed by atoms with E-state index in [0.29, 0.717) is 6.42 Å². The molecule has 12 heavy (non-hydrogen) atoms. The summed E-state index contributed by atoms with van der Waals surface area (Å²) >= 11 is 0. The van der Waals surface area contributed by atoms with Gasteiger partial charge in [0.05, 0.1) is 0 Å². The van der Waals surface area contributed by atoms with Gasteiger partial charge in [-0.2, -0.15) is 5.26 Å². The number of hydrogen-bond donors (Lipinski definition) is 0. The normalized spacial score (nSPS) is 11.8. The molecular formula is C9H15NO2. The Balaban J connectivity index is 3.41. The zero-order chi connectivity index (χ0) is 9.40. The Morgan fingerprint density at radius 2 is 2.25 bits per heavy atom. The molecule has 0 aliphatic heterocycles. The van der Waals surface area contributed by atoms with Crippen molar-refractivity contribution >= 4 is 5.97 Å². The van der Waals surface area contributed by atoms with Gasteiger partial charge in [0.15, 0.2) is 6.10 Å². The third-order valence-corrected chi connectivity index (χ3v) is 1.47. The average molecular weight is 169 g/mol. The number of hydrogen-bond acceptors (Lipinski definition) is 3. The standard InChI is InChI=1S/C9H15NO2/c1-3-4-5-6-9(11)12-8(2)7-10/h8H,3-6H2,1-2H3. The molecule has 0 amide bonds. The van der Waals surface area contributed by atoms with Crippen molar-refractivity contribution < 1.29 is 9.53 Å². The van der Waals surface area contributed by atoms with Gasteiger partial charge in [0.1, 0.15) is 6.07 Å². The molecule has 0 radical (unpaired) electrons. The van der Waals surface area contributed by atoms with E-state index in [1.807, 2.05) is 6.07 Å². The maximum atomic E-state index is 10.9. The Kier molecular flexibility index (Phi) is 6.08. The van der Waals surface area contributed by atoms with Gasteiger partial charge in [0.2, 0.25) is 0 Å². The number of esters is 1. The van der Waals surface area contributed by atoms with Gasteiger partial charge in [-0.1, -0.05) is 19.8 Å². The van der Waals surface area contributed by atoms with Gasteiger partial charge in [-0.3, -0.25) is 4.79 Å². The highest BCUT2D eigenvalue weighted by Gasteiger charge is 2.06. The molecule has 0 fully saturated rings. The van der Waals surface area contributed by atoms with Gasteiger partial charge in [-0.15, -0.1) is 0 Å². The van der Waals surface area contributed by atoms with Crippen LogP contribution >= 0.6 is 0 Å². The average Bonchev–Trinajstić information content (AvgIpc) is 2.05. The molecule has 0 heterocycles. The van der Waals surface area contributed by atoms with Gasteiger partial charge < -0.3 is 4.74 Å². The molecule has 0 saturated heterocycles. The highest BCUT2D eigenvalue weighted by Crippen LogP contribution is 2.01. The maximum absolute atomic E-state index is 10.9. The van der Waals surface area contributed by atoms with Crippen LogP contribution in [0.15, 0.2) is 0 Å². The lowest BCUT2D eigenvalue weighted by Crippen LogP contribution is -2.12. The molecule has 0 aromatic heterocycles. The zero-order valence-electron chi connectivity index (χ0n) is 7.67. The van der Waals surface area contributed by atoms with Crippen molar-refractivity contribution in [2.75, 3.05) is 0 Å². The summed E-state index contributed by atoms with van der Waals surface area (Å²) in [6.07, 6.45) is 2.80. The monoisotopic (exact) mass is 169 g/mol. The topological polar surface area (TPSA) is 50.1 Å². The number of nitrogens with zero attached hydrogens (tertiary/aromatic N) is 1. The van der Waals surface area contributed by atoms with Crippen molar-refractivity contribution in [2.45, 2.75) is 45.6 Å². The van der Waals surface area contributed by atoms with Crippen molar-refractivity contribution in [3.8, 4) is 6.07 Å². The van der Waals surface area contributed by atoms with Crippen LogP contribution in [0.4, 0.5) is 0 Å². The van der Waals surface area contributed by atoms with E-state index < -0.39 is 6.10 Å². The first kappa shape index (κ1) is 11.0. The fourth-order valence-electron chi connectivity index (χ4n) is 0.802. The quantitative estimate of drug-likeness (QED) is 0.467. The molecule has 3 heteroatoms. The summed E-state index contributed by atoms with van der Waals surface area (Å²) in [6.45, 7) is 3.64. The number of unbranched alkanes of at least 4 members (excludes halogenated alkanes) is 2. The fraction of sp³-hybridized carbons (Fsp3) is 0.778. The Labute approximate surface area is 73.3 Å². The highest BCUT2D eigenvalue weighted by atomic mass is 16.5. The first-order chi connectivity index (χ1) is 5.70. The number of ether oxygens (including phenoxy) is 1. The smallest absolute Gasteiger partial charge is 0.307 e. The van der Waals surface area contributed by atoms with Gasteiger partial charge in [0.25, 0.3) is 0 Å². The molecule has 1 unspecified atom stereocenters. The molecule has 68 valence electrons. The molecule has 0 aliphatic carbocycles. The van der Waals surface area contributed by atoms with E-state index >= 15 is 0 Å². The summed E-state index contributed by atoms with van der Waals surface area (Å²) in [5, 5.41) is 8.33. The minimum Gasteiger partial charge on any atom is -0.447 e. The van der Waals surface area contributed by atoms with Crippen molar-refractivity contribution in [3.63, 3.8) is 0 Å². The Bertz CT molecular complexity index is 172. The zero-order valence-corrected chi connectivity index (χ0v) is 7.67. The predicted molar refractivity (Wildman–Crippen MR) is 45.3 cm³/mol. The summed E-state index contributed by atoms with van der Waals surface area (Å²) < 4.78 is 4.75. The van der Waals surface area contributed by atoms with E-state index in [9.17, 15) is 4.79 Å². The minimum atomic E-state index is -0.612. The maximum Gasteiger partial charge on any atom is 0.307 e. The summed E-state index contributed by atoms with van der Waals surface area (Å²) in [5.74, 6) is -0.266. The van der Waals surface area contributed by atoms with E-state index in [-0.39, 0.29) is 5.97 Å².